The Labute approximate surface area is 132 Å². The van der Waals surface area contributed by atoms with Gasteiger partial charge in [0, 0.05) is 18.3 Å². The summed E-state index contributed by atoms with van der Waals surface area (Å²) < 4.78 is 5.87. The molecule has 1 aromatic rings. The van der Waals surface area contributed by atoms with Gasteiger partial charge in [-0.15, -0.1) is 0 Å². The summed E-state index contributed by atoms with van der Waals surface area (Å²) in [4.78, 5) is 47.9. The summed E-state index contributed by atoms with van der Waals surface area (Å²) in [6.45, 7) is 1.36. The van der Waals surface area contributed by atoms with Crippen molar-refractivity contribution in [3.63, 3.8) is 0 Å². The summed E-state index contributed by atoms with van der Waals surface area (Å²) in [7, 11) is 0. The van der Waals surface area contributed by atoms with E-state index in [0.29, 0.717) is 5.92 Å². The van der Waals surface area contributed by atoms with Gasteiger partial charge >= 0.3 is 11.7 Å². The molecule has 8 nitrogen and oxygen atoms in total. The summed E-state index contributed by atoms with van der Waals surface area (Å²) >= 11 is 0. The number of hydrogen-bond acceptors (Lipinski definition) is 5. The van der Waals surface area contributed by atoms with E-state index in [1.165, 1.54) is 12.6 Å². The fourth-order valence-corrected chi connectivity index (χ4v) is 2.68. The molecular weight excluding hydrogens is 302 g/mol. The van der Waals surface area contributed by atoms with Crippen molar-refractivity contribution < 1.29 is 14.3 Å². The number of carbonyl (C=O) groups is 2. The quantitative estimate of drug-likeness (QED) is 0.728. The van der Waals surface area contributed by atoms with E-state index >= 15 is 0 Å². The lowest BCUT2D eigenvalue weighted by Gasteiger charge is -2.29. The Hall–Kier alpha value is -2.38. The van der Waals surface area contributed by atoms with Gasteiger partial charge in [0.2, 0.25) is 0 Å². The Morgan fingerprint density at radius 1 is 1.35 bits per heavy atom. The van der Waals surface area contributed by atoms with Gasteiger partial charge in [-0.2, -0.15) is 0 Å². The summed E-state index contributed by atoms with van der Waals surface area (Å²) in [6.07, 6.45) is 5.49. The maximum absolute atomic E-state index is 11.8. The van der Waals surface area contributed by atoms with E-state index in [9.17, 15) is 19.2 Å². The van der Waals surface area contributed by atoms with Crippen LogP contribution >= 0.6 is 0 Å². The summed E-state index contributed by atoms with van der Waals surface area (Å²) in [5.74, 6) is -0.639. The minimum absolute atomic E-state index is 0.122. The van der Waals surface area contributed by atoms with Gasteiger partial charge in [-0.3, -0.25) is 23.9 Å². The van der Waals surface area contributed by atoms with Gasteiger partial charge in [0.05, 0.1) is 0 Å². The van der Waals surface area contributed by atoms with Crippen LogP contribution in [0.3, 0.4) is 0 Å². The molecule has 8 heteroatoms. The highest BCUT2D eigenvalue weighted by molar-refractivity contribution is 5.80. The van der Waals surface area contributed by atoms with Crippen LogP contribution in [0, 0.1) is 5.92 Å². The molecule has 2 N–H and O–H groups in total. The Kier molecular flexibility index (Phi) is 5.72. The van der Waals surface area contributed by atoms with Gasteiger partial charge in [0.15, 0.2) is 6.61 Å². The van der Waals surface area contributed by atoms with Gasteiger partial charge < -0.3 is 10.1 Å². The highest BCUT2D eigenvalue weighted by atomic mass is 16.5. The Bertz CT molecular complexity index is 678. The molecule has 1 saturated carbocycles. The molecule has 0 bridgehead atoms. The molecule has 0 saturated heterocycles. The number of rotatable bonds is 5. The molecule has 1 aliphatic rings. The van der Waals surface area contributed by atoms with Crippen LogP contribution < -0.4 is 16.6 Å². The molecule has 0 aromatic carbocycles. The average Bonchev–Trinajstić information content (AvgIpc) is 2.50. The molecule has 2 atom stereocenters. The predicted molar refractivity (Wildman–Crippen MR) is 81.8 cm³/mol. The van der Waals surface area contributed by atoms with E-state index in [0.717, 1.165) is 29.9 Å². The third-order valence-electron chi connectivity index (χ3n) is 4.02. The zero-order valence-corrected chi connectivity index (χ0v) is 13.0. The fourth-order valence-electron chi connectivity index (χ4n) is 2.68. The van der Waals surface area contributed by atoms with Crippen LogP contribution in [0.2, 0.25) is 0 Å². The standard InChI is InChI=1S/C15H21N3O5/c1-10-4-2-3-5-11(10)16-13(20)9-23-14(21)8-18-7-6-12(19)17-15(18)22/h6-7,10-11H,2-5,8-9H2,1H3,(H,16,20)(H,17,19,22)/t10-,11+/m1/s1. The first-order valence-corrected chi connectivity index (χ1v) is 7.70. The minimum atomic E-state index is -0.717. The SMILES string of the molecule is C[C@@H]1CCCC[C@@H]1NC(=O)COC(=O)Cn1ccc(=O)[nH]c1=O. The molecule has 1 amide bonds. The number of aromatic amines is 1. The Morgan fingerprint density at radius 2 is 2.09 bits per heavy atom. The van der Waals surface area contributed by atoms with E-state index in [4.69, 9.17) is 4.74 Å². The molecule has 0 unspecified atom stereocenters. The summed E-state index contributed by atoms with van der Waals surface area (Å²) in [5.41, 5.74) is -1.24. The van der Waals surface area contributed by atoms with Crippen LogP contribution in [0.1, 0.15) is 32.6 Å². The Morgan fingerprint density at radius 3 is 2.78 bits per heavy atom. The lowest BCUT2D eigenvalue weighted by molar-refractivity contribution is -0.149. The number of esters is 1. The number of amides is 1. The third-order valence-corrected chi connectivity index (χ3v) is 4.02. The van der Waals surface area contributed by atoms with Crippen molar-refractivity contribution >= 4 is 11.9 Å². The first-order chi connectivity index (χ1) is 11.0. The third kappa shape index (κ3) is 5.08. The van der Waals surface area contributed by atoms with E-state index in [-0.39, 0.29) is 25.1 Å². The lowest BCUT2D eigenvalue weighted by Crippen LogP contribution is -2.43. The highest BCUT2D eigenvalue weighted by Crippen LogP contribution is 2.23. The van der Waals surface area contributed by atoms with Gasteiger partial charge in [-0.05, 0) is 18.8 Å². The number of nitrogens with zero attached hydrogens (tertiary/aromatic N) is 1. The van der Waals surface area contributed by atoms with Crippen molar-refractivity contribution in [2.24, 2.45) is 5.92 Å². The van der Waals surface area contributed by atoms with Crippen molar-refractivity contribution in [3.05, 3.63) is 33.1 Å². The molecule has 0 radical (unpaired) electrons. The molecule has 23 heavy (non-hydrogen) atoms. The minimum Gasteiger partial charge on any atom is -0.454 e. The zero-order chi connectivity index (χ0) is 16.8. The molecule has 0 spiro atoms. The van der Waals surface area contributed by atoms with Crippen molar-refractivity contribution in [1.29, 1.82) is 0 Å². The highest BCUT2D eigenvalue weighted by Gasteiger charge is 2.23. The predicted octanol–water partition coefficient (Wildman–Crippen LogP) is -0.225. The van der Waals surface area contributed by atoms with Crippen molar-refractivity contribution in [1.82, 2.24) is 14.9 Å². The average molecular weight is 323 g/mol. The number of hydrogen-bond donors (Lipinski definition) is 2. The first-order valence-electron chi connectivity index (χ1n) is 7.70. The topological polar surface area (TPSA) is 110 Å². The van der Waals surface area contributed by atoms with Gasteiger partial charge in [0.1, 0.15) is 6.54 Å². The molecule has 2 rings (SSSR count). The number of carbonyl (C=O) groups excluding carboxylic acids is 2. The maximum Gasteiger partial charge on any atom is 0.328 e. The first kappa shape index (κ1) is 17.0. The van der Waals surface area contributed by atoms with E-state index in [1.807, 2.05) is 4.98 Å². The normalized spacial score (nSPS) is 20.7. The second kappa shape index (κ2) is 7.75. The molecular formula is C15H21N3O5. The second-order valence-corrected chi connectivity index (χ2v) is 5.83. The van der Waals surface area contributed by atoms with Crippen LogP contribution in [0.4, 0.5) is 0 Å². The summed E-state index contributed by atoms with van der Waals surface area (Å²) in [5, 5.41) is 2.87. The van der Waals surface area contributed by atoms with E-state index in [1.54, 1.807) is 0 Å². The van der Waals surface area contributed by atoms with Crippen LogP contribution in [0.15, 0.2) is 21.9 Å². The fraction of sp³-hybridized carbons (Fsp3) is 0.600. The zero-order valence-electron chi connectivity index (χ0n) is 13.0. The molecule has 1 aromatic heterocycles. The molecule has 0 aliphatic heterocycles. The van der Waals surface area contributed by atoms with Crippen molar-refractivity contribution in [3.8, 4) is 0 Å². The molecule has 1 aliphatic carbocycles. The van der Waals surface area contributed by atoms with Crippen molar-refractivity contribution in [2.75, 3.05) is 6.61 Å². The number of ether oxygens (including phenoxy) is 1. The lowest BCUT2D eigenvalue weighted by atomic mass is 9.86. The van der Waals surface area contributed by atoms with Crippen molar-refractivity contribution in [2.45, 2.75) is 45.2 Å². The largest absolute Gasteiger partial charge is 0.454 e. The van der Waals surface area contributed by atoms with Crippen LogP contribution in [0.5, 0.6) is 0 Å². The van der Waals surface area contributed by atoms with Crippen LogP contribution in [-0.4, -0.2) is 34.1 Å². The second-order valence-electron chi connectivity index (χ2n) is 5.83. The smallest absolute Gasteiger partial charge is 0.328 e. The number of aromatic nitrogens is 2. The number of nitrogens with one attached hydrogen (secondary N) is 2. The molecule has 126 valence electrons. The van der Waals surface area contributed by atoms with Gasteiger partial charge in [0.25, 0.3) is 11.5 Å². The maximum atomic E-state index is 11.8. The Balaban J connectivity index is 1.78. The van der Waals surface area contributed by atoms with Gasteiger partial charge in [-0.1, -0.05) is 19.8 Å². The van der Waals surface area contributed by atoms with Gasteiger partial charge in [-0.25, -0.2) is 4.79 Å². The van der Waals surface area contributed by atoms with Crippen LogP contribution in [0.25, 0.3) is 0 Å². The monoisotopic (exact) mass is 323 g/mol. The summed E-state index contributed by atoms with van der Waals surface area (Å²) in [6, 6.07) is 1.25. The number of H-pyrrole nitrogens is 1. The van der Waals surface area contributed by atoms with Crippen LogP contribution in [-0.2, 0) is 20.9 Å². The van der Waals surface area contributed by atoms with E-state index in [2.05, 4.69) is 12.2 Å². The van der Waals surface area contributed by atoms with E-state index < -0.39 is 17.2 Å². The molecule has 1 fully saturated rings. The molecule has 1 heterocycles.